The van der Waals surface area contributed by atoms with E-state index in [2.05, 4.69) is 41.7 Å². The van der Waals surface area contributed by atoms with E-state index in [0.717, 1.165) is 44.1 Å². The topological polar surface area (TPSA) is 30.5 Å². The molecular formula is C18H19NO2. The quantitative estimate of drug-likeness (QED) is 0.871. The van der Waals surface area contributed by atoms with Crippen molar-refractivity contribution in [2.45, 2.75) is 18.9 Å². The van der Waals surface area contributed by atoms with Gasteiger partial charge in [0, 0.05) is 13.0 Å². The second kappa shape index (κ2) is 5.41. The largest absolute Gasteiger partial charge is 0.490 e. The Kier molecular flexibility index (Phi) is 3.28. The molecule has 3 heteroatoms. The van der Waals surface area contributed by atoms with Crippen LogP contribution in [0, 0.1) is 0 Å². The number of nitrogens with one attached hydrogen (secondary N) is 1. The van der Waals surface area contributed by atoms with Gasteiger partial charge in [0.05, 0.1) is 19.3 Å². The molecule has 1 unspecified atom stereocenters. The maximum atomic E-state index is 5.82. The molecule has 0 amide bonds. The van der Waals surface area contributed by atoms with Crippen molar-refractivity contribution in [3.8, 4) is 11.5 Å². The molecule has 0 spiro atoms. The van der Waals surface area contributed by atoms with Gasteiger partial charge in [-0.25, -0.2) is 0 Å². The Balaban J connectivity index is 1.73. The molecular weight excluding hydrogens is 262 g/mol. The van der Waals surface area contributed by atoms with E-state index in [4.69, 9.17) is 9.47 Å². The average Bonchev–Trinajstić information content (AvgIpc) is 2.79. The van der Waals surface area contributed by atoms with Gasteiger partial charge in [-0.3, -0.25) is 0 Å². The third-order valence-corrected chi connectivity index (χ3v) is 4.21. The summed E-state index contributed by atoms with van der Waals surface area (Å²) in [6.45, 7) is 2.47. The molecule has 0 aliphatic carbocycles. The molecule has 0 fully saturated rings. The lowest BCUT2D eigenvalue weighted by Crippen LogP contribution is -2.30. The Hall–Kier alpha value is -2.00. The van der Waals surface area contributed by atoms with Crippen LogP contribution in [0.5, 0.6) is 11.5 Å². The molecule has 0 saturated heterocycles. The molecule has 108 valence electrons. The van der Waals surface area contributed by atoms with Gasteiger partial charge in [-0.05, 0) is 35.2 Å². The number of benzene rings is 2. The van der Waals surface area contributed by atoms with Crippen LogP contribution in [0.3, 0.4) is 0 Å². The SMILES string of the molecule is c1ccc2c(c1)CCNC2c1ccc2c(c1)OCCCO2. The molecule has 0 aromatic heterocycles. The summed E-state index contributed by atoms with van der Waals surface area (Å²) < 4.78 is 11.5. The van der Waals surface area contributed by atoms with Crippen LogP contribution in [-0.2, 0) is 6.42 Å². The van der Waals surface area contributed by atoms with Crippen LogP contribution >= 0.6 is 0 Å². The number of ether oxygens (including phenoxy) is 2. The van der Waals surface area contributed by atoms with E-state index in [1.165, 1.54) is 16.7 Å². The molecule has 0 saturated carbocycles. The van der Waals surface area contributed by atoms with E-state index >= 15 is 0 Å². The first-order valence-corrected chi connectivity index (χ1v) is 7.62. The number of hydrogen-bond donors (Lipinski definition) is 1. The minimum Gasteiger partial charge on any atom is -0.490 e. The lowest BCUT2D eigenvalue weighted by Gasteiger charge is -2.27. The molecule has 1 atom stereocenters. The Labute approximate surface area is 124 Å². The van der Waals surface area contributed by atoms with Crippen molar-refractivity contribution in [1.82, 2.24) is 5.32 Å². The van der Waals surface area contributed by atoms with Gasteiger partial charge in [0.25, 0.3) is 0 Å². The van der Waals surface area contributed by atoms with Gasteiger partial charge in [0.2, 0.25) is 0 Å². The predicted molar refractivity (Wildman–Crippen MR) is 82.0 cm³/mol. The maximum absolute atomic E-state index is 5.82. The molecule has 2 heterocycles. The Morgan fingerprint density at radius 2 is 1.81 bits per heavy atom. The van der Waals surface area contributed by atoms with E-state index < -0.39 is 0 Å². The lowest BCUT2D eigenvalue weighted by atomic mass is 9.90. The average molecular weight is 281 g/mol. The smallest absolute Gasteiger partial charge is 0.161 e. The molecule has 21 heavy (non-hydrogen) atoms. The fourth-order valence-corrected chi connectivity index (χ4v) is 3.16. The molecule has 2 aromatic carbocycles. The van der Waals surface area contributed by atoms with E-state index in [1.54, 1.807) is 0 Å². The van der Waals surface area contributed by atoms with Crippen LogP contribution in [0.2, 0.25) is 0 Å². The maximum Gasteiger partial charge on any atom is 0.161 e. The van der Waals surface area contributed by atoms with Crippen molar-refractivity contribution in [2.24, 2.45) is 0 Å². The van der Waals surface area contributed by atoms with Crippen molar-refractivity contribution in [1.29, 1.82) is 0 Å². The van der Waals surface area contributed by atoms with Crippen LogP contribution in [0.25, 0.3) is 0 Å². The summed E-state index contributed by atoms with van der Waals surface area (Å²) in [5.74, 6) is 1.73. The highest BCUT2D eigenvalue weighted by Crippen LogP contribution is 2.35. The summed E-state index contributed by atoms with van der Waals surface area (Å²) in [5, 5.41) is 3.62. The summed E-state index contributed by atoms with van der Waals surface area (Å²) >= 11 is 0. The fourth-order valence-electron chi connectivity index (χ4n) is 3.16. The van der Waals surface area contributed by atoms with Crippen molar-refractivity contribution in [2.75, 3.05) is 19.8 Å². The van der Waals surface area contributed by atoms with E-state index in [0.29, 0.717) is 0 Å². The number of fused-ring (bicyclic) bond motifs is 2. The van der Waals surface area contributed by atoms with Gasteiger partial charge in [-0.1, -0.05) is 30.3 Å². The Morgan fingerprint density at radius 1 is 0.952 bits per heavy atom. The third-order valence-electron chi connectivity index (χ3n) is 4.21. The fraction of sp³-hybridized carbons (Fsp3) is 0.333. The first-order valence-electron chi connectivity index (χ1n) is 7.62. The van der Waals surface area contributed by atoms with E-state index in [1.807, 2.05) is 6.07 Å². The van der Waals surface area contributed by atoms with Crippen LogP contribution in [0.4, 0.5) is 0 Å². The standard InChI is InChI=1S/C18H19NO2/c1-2-5-15-13(4-1)8-9-19-18(15)14-6-7-16-17(12-14)21-11-3-10-20-16/h1-2,4-7,12,18-19H,3,8-11H2. The van der Waals surface area contributed by atoms with E-state index in [9.17, 15) is 0 Å². The molecule has 1 N–H and O–H groups in total. The van der Waals surface area contributed by atoms with Crippen molar-refractivity contribution >= 4 is 0 Å². The van der Waals surface area contributed by atoms with Gasteiger partial charge in [-0.15, -0.1) is 0 Å². The molecule has 0 bridgehead atoms. The molecule has 2 aromatic rings. The highest BCUT2D eigenvalue weighted by atomic mass is 16.5. The second-order valence-electron chi connectivity index (χ2n) is 5.59. The Morgan fingerprint density at radius 3 is 2.76 bits per heavy atom. The first-order chi connectivity index (χ1) is 10.4. The number of hydrogen-bond acceptors (Lipinski definition) is 3. The monoisotopic (exact) mass is 281 g/mol. The zero-order valence-electron chi connectivity index (χ0n) is 12.0. The van der Waals surface area contributed by atoms with Gasteiger partial charge in [0.15, 0.2) is 11.5 Å². The second-order valence-corrected chi connectivity index (χ2v) is 5.59. The van der Waals surface area contributed by atoms with Crippen LogP contribution in [0.1, 0.15) is 29.2 Å². The highest BCUT2D eigenvalue weighted by molar-refractivity contribution is 5.48. The van der Waals surface area contributed by atoms with Crippen LogP contribution in [-0.4, -0.2) is 19.8 Å². The molecule has 0 radical (unpaired) electrons. The van der Waals surface area contributed by atoms with Gasteiger partial charge < -0.3 is 14.8 Å². The summed E-state index contributed by atoms with van der Waals surface area (Å²) in [6, 6.07) is 15.2. The molecule has 4 rings (SSSR count). The van der Waals surface area contributed by atoms with Crippen molar-refractivity contribution < 1.29 is 9.47 Å². The number of rotatable bonds is 1. The van der Waals surface area contributed by atoms with Gasteiger partial charge >= 0.3 is 0 Å². The lowest BCUT2D eigenvalue weighted by molar-refractivity contribution is 0.297. The van der Waals surface area contributed by atoms with Crippen LogP contribution in [0.15, 0.2) is 42.5 Å². The Bertz CT molecular complexity index is 653. The zero-order chi connectivity index (χ0) is 14.1. The normalized spacial score (nSPS) is 20.5. The minimum atomic E-state index is 0.243. The first kappa shape index (κ1) is 12.7. The zero-order valence-corrected chi connectivity index (χ0v) is 12.0. The van der Waals surface area contributed by atoms with Gasteiger partial charge in [-0.2, -0.15) is 0 Å². The van der Waals surface area contributed by atoms with Gasteiger partial charge in [0.1, 0.15) is 0 Å². The third kappa shape index (κ3) is 2.38. The van der Waals surface area contributed by atoms with Crippen molar-refractivity contribution in [3.05, 3.63) is 59.2 Å². The molecule has 3 nitrogen and oxygen atoms in total. The minimum absolute atomic E-state index is 0.243. The summed E-state index contributed by atoms with van der Waals surface area (Å²) in [7, 11) is 0. The van der Waals surface area contributed by atoms with Crippen LogP contribution < -0.4 is 14.8 Å². The predicted octanol–water partition coefficient (Wildman–Crippen LogP) is 3.08. The summed E-state index contributed by atoms with van der Waals surface area (Å²) in [6.07, 6.45) is 2.03. The van der Waals surface area contributed by atoms with E-state index in [-0.39, 0.29) is 6.04 Å². The summed E-state index contributed by atoms with van der Waals surface area (Å²) in [4.78, 5) is 0. The molecule has 2 aliphatic rings. The highest BCUT2D eigenvalue weighted by Gasteiger charge is 2.22. The van der Waals surface area contributed by atoms with Crippen molar-refractivity contribution in [3.63, 3.8) is 0 Å². The molecule has 2 aliphatic heterocycles. The summed E-state index contributed by atoms with van der Waals surface area (Å²) in [5.41, 5.74) is 4.05.